The van der Waals surface area contributed by atoms with Crippen molar-refractivity contribution in [3.63, 3.8) is 0 Å². The first kappa shape index (κ1) is 6.35. The molecule has 0 aromatic heterocycles. The van der Waals surface area contributed by atoms with Crippen LogP contribution in [0.2, 0.25) is 34.2 Å². The van der Waals surface area contributed by atoms with Gasteiger partial charge in [0.05, 0.1) is 0 Å². The quantitative estimate of drug-likeness (QED) is 0.541. The summed E-state index contributed by atoms with van der Waals surface area (Å²) in [5, 5.41) is 0. The van der Waals surface area contributed by atoms with Gasteiger partial charge in [-0.25, -0.2) is 0 Å². The van der Waals surface area contributed by atoms with E-state index >= 15 is 0 Å². The fourth-order valence-corrected chi connectivity index (χ4v) is 208. The fourth-order valence-electron chi connectivity index (χ4n) is 38.7. The van der Waals surface area contributed by atoms with E-state index in [9.17, 15) is 0 Å². The zero-order valence-corrected chi connectivity index (χ0v) is 12.8. The van der Waals surface area contributed by atoms with Gasteiger partial charge in [0.2, 0.25) is 0 Å². The van der Waals surface area contributed by atoms with Crippen LogP contribution < -0.4 is 0 Å². The van der Waals surface area contributed by atoms with Crippen molar-refractivity contribution in [3.05, 3.63) is 0 Å². The average molecular weight is 245 g/mol. The molecule has 83 valence electrons. The van der Waals surface area contributed by atoms with Gasteiger partial charge in [0.1, 0.15) is 0 Å². The van der Waals surface area contributed by atoms with E-state index in [1.54, 1.807) is 0 Å². The number of hydrogen-bond acceptors (Lipinski definition) is 0. The summed E-state index contributed by atoms with van der Waals surface area (Å²) < 4.78 is 12.4. The van der Waals surface area contributed by atoms with Crippen molar-refractivity contribution in [3.8, 4) is 0 Å². The normalized spacial score (nSPS) is 145. The van der Waals surface area contributed by atoms with E-state index in [4.69, 9.17) is 0 Å². The van der Waals surface area contributed by atoms with Crippen LogP contribution in [-0.2, 0) is 11.2 Å². The standard InChI is InChI=1S/C10H15.C5H5.Sc/c1-6-7(2)9(4)10(5)8(6)3;1-2-4-5-3-1;/h1-5H3;1-5H;. The molecular formula is C15H20Sc. The minimum absolute atomic E-state index is 1.02. The second-order valence-electron chi connectivity index (χ2n) is 16.4. The maximum atomic E-state index is 2.86. The molecule has 10 heterocycles. The van der Waals surface area contributed by atoms with Crippen LogP contribution in [-0.4, -0.2) is 0 Å². The van der Waals surface area contributed by atoms with Gasteiger partial charge in [-0.2, -0.15) is 0 Å². The molecule has 0 nitrogen and oxygen atoms in total. The van der Waals surface area contributed by atoms with Crippen molar-refractivity contribution >= 4 is 0 Å². The Bertz CT molecular complexity index is 857. The molecule has 0 N–H and O–H groups in total. The van der Waals surface area contributed by atoms with Crippen LogP contribution >= 0.6 is 0 Å². The zero-order chi connectivity index (χ0) is 10.7. The van der Waals surface area contributed by atoms with E-state index in [1.807, 2.05) is 0 Å². The van der Waals surface area contributed by atoms with E-state index < -0.39 is 11.2 Å². The Kier molecular flexibility index (Phi) is 0.169. The topological polar surface area (TPSA) is 0 Å². The number of hydrogen-bond donors (Lipinski definition) is 0. The first-order valence-electron chi connectivity index (χ1n) is 8.53. The van der Waals surface area contributed by atoms with Crippen molar-refractivity contribution in [2.75, 3.05) is 0 Å². The predicted octanol–water partition coefficient (Wildman–Crippen LogP) is 5.33. The summed E-state index contributed by atoms with van der Waals surface area (Å²) in [4.78, 5) is 0. The van der Waals surface area contributed by atoms with Gasteiger partial charge in [0.15, 0.2) is 0 Å². The minimum atomic E-state index is -3.63. The number of fused-ring (bicyclic) bond motifs is 10. The number of rotatable bonds is 0. The van der Waals surface area contributed by atoms with E-state index in [1.165, 1.54) is 18.4 Å². The van der Waals surface area contributed by atoms with Crippen molar-refractivity contribution in [1.82, 2.24) is 0 Å². The fraction of sp³-hybridized carbons (Fsp3) is 1.00. The van der Waals surface area contributed by atoms with Gasteiger partial charge in [-0.15, -0.1) is 0 Å². The van der Waals surface area contributed by atoms with Crippen molar-refractivity contribution in [2.24, 2.45) is 0 Å². The molecule has 0 radical (unpaired) electrons. The third-order valence-electron chi connectivity index (χ3n) is 29.9. The Morgan fingerprint density at radius 1 is 0.500 bits per heavy atom. The van der Waals surface area contributed by atoms with Gasteiger partial charge < -0.3 is 0 Å². The van der Waals surface area contributed by atoms with Crippen LogP contribution in [0.3, 0.4) is 0 Å². The Morgan fingerprint density at radius 2 is 0.688 bits per heavy atom. The molecule has 0 saturated carbocycles. The summed E-state index contributed by atoms with van der Waals surface area (Å²) in [5.41, 5.74) is 0. The van der Waals surface area contributed by atoms with E-state index in [2.05, 4.69) is 34.6 Å². The molecule has 0 aliphatic carbocycles. The zero-order valence-electron chi connectivity index (χ0n) is 11.0. The second-order valence-corrected chi connectivity index (χ2v) is 55.0. The molecule has 10 fully saturated rings. The van der Waals surface area contributed by atoms with Crippen LogP contribution in [0, 0.1) is 0 Å². The van der Waals surface area contributed by atoms with E-state index in [0.29, 0.717) is 0 Å². The summed E-state index contributed by atoms with van der Waals surface area (Å²) in [6, 6.07) is 0. The summed E-state index contributed by atoms with van der Waals surface area (Å²) in [7, 11) is 0. The predicted molar refractivity (Wildman–Crippen MR) is 60.6 cm³/mol. The van der Waals surface area contributed by atoms with E-state index in [-0.39, 0.29) is 0 Å². The van der Waals surface area contributed by atoms with E-state index in [0.717, 1.165) is 15.9 Å². The Balaban J connectivity index is 2.02. The van der Waals surface area contributed by atoms with Gasteiger partial charge in [0, 0.05) is 0 Å². The molecule has 0 aromatic rings. The third kappa shape index (κ3) is 0.0390. The van der Waals surface area contributed by atoms with Crippen molar-refractivity contribution in [1.29, 1.82) is 0 Å². The summed E-state index contributed by atoms with van der Waals surface area (Å²) >= 11 is -3.63. The summed E-state index contributed by atoms with van der Waals surface area (Å²) in [5.74, 6) is 0. The molecule has 0 bridgehead atoms. The Labute approximate surface area is 79.6 Å². The summed E-state index contributed by atoms with van der Waals surface area (Å²) in [6.07, 6.45) is 0. The second kappa shape index (κ2) is 0.425. The molecule has 0 unspecified atom stereocenters. The molecule has 0 atom stereocenters. The molecular weight excluding hydrogens is 225 g/mol. The summed E-state index contributed by atoms with van der Waals surface area (Å²) in [6.45, 7) is 14.3. The van der Waals surface area contributed by atoms with Gasteiger partial charge in [-0.05, 0) is 0 Å². The first-order valence-corrected chi connectivity index (χ1v) is 18.2. The molecule has 1 spiro atoms. The average Bonchev–Trinajstić information content (AvgIpc) is 3.19. The SMILES string of the molecule is C[C]12[C]3(C)[C]4(C)[C]5(C)[C]1(C)[Sc]23451678[CH]2[CH]1[CH]6[CH]7[CH]28. The van der Waals surface area contributed by atoms with Gasteiger partial charge in [-0.3, -0.25) is 0 Å². The molecule has 10 aliphatic heterocycles. The van der Waals surface area contributed by atoms with Crippen LogP contribution in [0.15, 0.2) is 0 Å². The molecule has 10 aliphatic rings. The molecule has 10 saturated heterocycles. The first-order chi connectivity index (χ1) is 7.12. The van der Waals surface area contributed by atoms with Gasteiger partial charge >= 0.3 is 80.0 Å². The Hall–Kier alpha value is 0.870. The van der Waals surface area contributed by atoms with Crippen LogP contribution in [0.25, 0.3) is 0 Å². The van der Waals surface area contributed by atoms with Crippen LogP contribution in [0.1, 0.15) is 34.6 Å². The Morgan fingerprint density at radius 3 is 0.688 bits per heavy atom. The van der Waals surface area contributed by atoms with Crippen molar-refractivity contribution < 1.29 is 11.2 Å². The third-order valence-corrected chi connectivity index (χ3v) is 113. The van der Waals surface area contributed by atoms with Crippen molar-refractivity contribution in [2.45, 2.75) is 68.8 Å². The molecule has 16 heavy (non-hydrogen) atoms. The monoisotopic (exact) mass is 245 g/mol. The van der Waals surface area contributed by atoms with Crippen LogP contribution in [0.5, 0.6) is 0 Å². The maximum absolute atomic E-state index is 3.63. The molecule has 0 amide bonds. The van der Waals surface area contributed by atoms with Gasteiger partial charge in [0.25, 0.3) is 0 Å². The molecule has 0 aromatic carbocycles. The molecule has 1 heteroatoms. The van der Waals surface area contributed by atoms with Crippen LogP contribution in [0.4, 0.5) is 0 Å². The van der Waals surface area contributed by atoms with Gasteiger partial charge in [-0.1, -0.05) is 0 Å². The molecule has 10 rings (SSSR count).